The Kier molecular flexibility index (Phi) is 3.64. The number of hydrogen-bond donors (Lipinski definition) is 1. The second-order valence-electron chi connectivity index (χ2n) is 4.87. The molecule has 1 aromatic rings. The standard InChI is InChI=1S/C16H12N2O6/c1-22-15(20)7-4-3-5-9-13(7)24-14-10(18-9)6-8(17)12(19)11(14)16(21)23-2/h3-6H,17H2,1-2H3. The maximum atomic E-state index is 12.2. The highest BCUT2D eigenvalue weighted by molar-refractivity contribution is 6.02. The summed E-state index contributed by atoms with van der Waals surface area (Å²) in [6, 6.07) is 6.01. The van der Waals surface area contributed by atoms with Gasteiger partial charge < -0.3 is 19.6 Å². The maximum Gasteiger partial charge on any atom is 0.345 e. The molecule has 0 unspecified atom stereocenters. The van der Waals surface area contributed by atoms with Crippen molar-refractivity contribution >= 4 is 28.7 Å². The Morgan fingerprint density at radius 3 is 2.54 bits per heavy atom. The fourth-order valence-electron chi connectivity index (χ4n) is 2.35. The number of fused-ring (bicyclic) bond motifs is 2. The lowest BCUT2D eigenvalue weighted by Crippen LogP contribution is -2.21. The Bertz CT molecular complexity index is 1010. The van der Waals surface area contributed by atoms with Gasteiger partial charge in [-0.3, -0.25) is 4.79 Å². The number of carbonyl (C=O) groups is 2. The third-order valence-electron chi connectivity index (χ3n) is 3.48. The van der Waals surface area contributed by atoms with Crippen LogP contribution in [0.2, 0.25) is 0 Å². The van der Waals surface area contributed by atoms with Gasteiger partial charge in [0.25, 0.3) is 0 Å². The van der Waals surface area contributed by atoms with Crippen LogP contribution in [0.15, 0.2) is 33.5 Å². The van der Waals surface area contributed by atoms with Crippen molar-refractivity contribution in [2.24, 2.45) is 0 Å². The highest BCUT2D eigenvalue weighted by atomic mass is 16.5. The normalized spacial score (nSPS) is 10.8. The van der Waals surface area contributed by atoms with Gasteiger partial charge in [-0.15, -0.1) is 0 Å². The minimum absolute atomic E-state index is 0.0891. The quantitative estimate of drug-likeness (QED) is 0.426. The summed E-state index contributed by atoms with van der Waals surface area (Å²) < 4.78 is 15.0. The Hall–Kier alpha value is -3.42. The molecule has 0 aromatic heterocycles. The third-order valence-corrected chi connectivity index (χ3v) is 3.48. The topological polar surface area (TPSA) is 122 Å². The van der Waals surface area contributed by atoms with Crippen LogP contribution >= 0.6 is 0 Å². The average molecular weight is 328 g/mol. The van der Waals surface area contributed by atoms with Crippen LogP contribution < -0.4 is 11.2 Å². The van der Waals surface area contributed by atoms with Gasteiger partial charge in [0.2, 0.25) is 5.43 Å². The van der Waals surface area contributed by atoms with Crippen molar-refractivity contribution in [3.8, 4) is 11.5 Å². The number of para-hydroxylation sites is 1. The lowest BCUT2D eigenvalue weighted by Gasteiger charge is -2.12. The number of nitrogen functional groups attached to an aromatic ring is 1. The number of ether oxygens (including phenoxy) is 2. The van der Waals surface area contributed by atoms with E-state index < -0.39 is 17.4 Å². The monoisotopic (exact) mass is 328 g/mol. The molecule has 1 aliphatic heterocycles. The summed E-state index contributed by atoms with van der Waals surface area (Å²) in [5, 5.41) is 0. The van der Waals surface area contributed by atoms with Crippen molar-refractivity contribution in [3.05, 3.63) is 45.6 Å². The molecule has 0 bridgehead atoms. The minimum atomic E-state index is -0.905. The van der Waals surface area contributed by atoms with Crippen LogP contribution in [0.5, 0.6) is 0 Å². The molecule has 0 fully saturated rings. The Labute approximate surface area is 135 Å². The molecule has 0 radical (unpaired) electrons. The molecule has 2 N–H and O–H groups in total. The summed E-state index contributed by atoms with van der Waals surface area (Å²) in [5.41, 5.74) is 5.14. The molecule has 8 heteroatoms. The first-order valence-electron chi connectivity index (χ1n) is 6.80. The van der Waals surface area contributed by atoms with Gasteiger partial charge >= 0.3 is 11.9 Å². The molecule has 8 nitrogen and oxygen atoms in total. The molecule has 0 saturated carbocycles. The van der Waals surface area contributed by atoms with E-state index in [-0.39, 0.29) is 33.9 Å². The van der Waals surface area contributed by atoms with Gasteiger partial charge in [-0.25, -0.2) is 14.6 Å². The van der Waals surface area contributed by atoms with Crippen LogP contribution in [-0.4, -0.2) is 31.1 Å². The van der Waals surface area contributed by atoms with Crippen LogP contribution in [0, 0.1) is 0 Å². The molecule has 1 aliphatic carbocycles. The summed E-state index contributed by atoms with van der Waals surface area (Å²) in [6.07, 6.45) is 0. The van der Waals surface area contributed by atoms with E-state index in [1.54, 1.807) is 12.1 Å². The Morgan fingerprint density at radius 1 is 1.17 bits per heavy atom. The van der Waals surface area contributed by atoms with Crippen LogP contribution in [0.4, 0.5) is 5.69 Å². The van der Waals surface area contributed by atoms with E-state index in [9.17, 15) is 14.4 Å². The summed E-state index contributed by atoms with van der Waals surface area (Å²) in [6.45, 7) is 0. The fourth-order valence-corrected chi connectivity index (χ4v) is 2.35. The van der Waals surface area contributed by atoms with E-state index in [0.29, 0.717) is 5.52 Å². The van der Waals surface area contributed by atoms with Gasteiger partial charge in [-0.1, -0.05) is 6.07 Å². The number of rotatable bonds is 2. The second kappa shape index (κ2) is 5.65. The zero-order chi connectivity index (χ0) is 17.4. The molecule has 3 rings (SSSR count). The lowest BCUT2D eigenvalue weighted by molar-refractivity contribution is 0.0593. The van der Waals surface area contributed by atoms with E-state index >= 15 is 0 Å². The maximum absolute atomic E-state index is 12.2. The van der Waals surface area contributed by atoms with Crippen molar-refractivity contribution in [3.63, 3.8) is 0 Å². The number of methoxy groups -OCH3 is 2. The zero-order valence-corrected chi connectivity index (χ0v) is 12.8. The summed E-state index contributed by atoms with van der Waals surface area (Å²) >= 11 is 0. The SMILES string of the molecule is COC(=O)c1c2oc3c(C(=O)OC)cccc3nc-2cc(N)c1=O. The van der Waals surface area contributed by atoms with E-state index in [1.807, 2.05) is 0 Å². The van der Waals surface area contributed by atoms with Crippen LogP contribution in [0.25, 0.3) is 22.6 Å². The molecule has 1 aromatic carbocycles. The number of aromatic nitrogens is 1. The Morgan fingerprint density at radius 2 is 1.88 bits per heavy atom. The number of hydrogen-bond acceptors (Lipinski definition) is 8. The van der Waals surface area contributed by atoms with E-state index in [0.717, 1.165) is 7.11 Å². The molecule has 2 aliphatic rings. The largest absolute Gasteiger partial charge is 0.465 e. The van der Waals surface area contributed by atoms with Gasteiger partial charge in [0, 0.05) is 0 Å². The van der Waals surface area contributed by atoms with E-state index in [1.165, 1.54) is 19.2 Å². The van der Waals surface area contributed by atoms with E-state index in [4.69, 9.17) is 14.9 Å². The first-order chi connectivity index (χ1) is 11.5. The van der Waals surface area contributed by atoms with Crippen molar-refractivity contribution in [1.29, 1.82) is 0 Å². The summed E-state index contributed by atoms with van der Waals surface area (Å²) in [7, 11) is 2.36. The highest BCUT2D eigenvalue weighted by Gasteiger charge is 2.26. The van der Waals surface area contributed by atoms with Crippen LogP contribution in [-0.2, 0) is 9.47 Å². The number of carbonyl (C=O) groups excluding carboxylic acids is 2. The average Bonchev–Trinajstić information content (AvgIpc) is 2.59. The predicted octanol–water partition coefficient (Wildman–Crippen LogP) is 1.45. The fraction of sp³-hybridized carbons (Fsp3) is 0.125. The second-order valence-corrected chi connectivity index (χ2v) is 4.87. The third kappa shape index (κ3) is 2.24. The molecule has 0 atom stereocenters. The van der Waals surface area contributed by atoms with Gasteiger partial charge in [0.15, 0.2) is 16.9 Å². The Balaban J connectivity index is 2.47. The molecule has 24 heavy (non-hydrogen) atoms. The minimum Gasteiger partial charge on any atom is -0.465 e. The molecule has 0 amide bonds. The zero-order valence-electron chi connectivity index (χ0n) is 12.8. The number of benzene rings is 2. The van der Waals surface area contributed by atoms with Crippen molar-refractivity contribution < 1.29 is 23.5 Å². The van der Waals surface area contributed by atoms with Gasteiger partial charge in [-0.05, 0) is 18.2 Å². The van der Waals surface area contributed by atoms with Crippen molar-refractivity contribution in [1.82, 2.24) is 4.98 Å². The summed E-state index contributed by atoms with van der Waals surface area (Å²) in [5.74, 6) is -1.65. The molecule has 0 spiro atoms. The van der Waals surface area contributed by atoms with Gasteiger partial charge in [0.1, 0.15) is 16.8 Å². The van der Waals surface area contributed by atoms with Crippen molar-refractivity contribution in [2.45, 2.75) is 0 Å². The lowest BCUT2D eigenvalue weighted by atomic mass is 10.1. The van der Waals surface area contributed by atoms with Gasteiger partial charge in [0.05, 0.1) is 19.9 Å². The smallest absolute Gasteiger partial charge is 0.345 e. The van der Waals surface area contributed by atoms with E-state index in [2.05, 4.69) is 9.72 Å². The number of esters is 2. The van der Waals surface area contributed by atoms with Crippen LogP contribution in [0.3, 0.4) is 0 Å². The molecule has 1 heterocycles. The molecular formula is C16H12N2O6. The van der Waals surface area contributed by atoms with Crippen molar-refractivity contribution in [2.75, 3.05) is 20.0 Å². The number of nitrogens with two attached hydrogens (primary N) is 1. The first-order valence-corrected chi connectivity index (χ1v) is 6.80. The van der Waals surface area contributed by atoms with Crippen LogP contribution in [0.1, 0.15) is 20.7 Å². The molecular weight excluding hydrogens is 316 g/mol. The summed E-state index contributed by atoms with van der Waals surface area (Å²) in [4.78, 5) is 40.3. The first kappa shape index (κ1) is 15.5. The highest BCUT2D eigenvalue weighted by Crippen LogP contribution is 2.30. The predicted molar refractivity (Wildman–Crippen MR) is 84.0 cm³/mol. The van der Waals surface area contributed by atoms with Gasteiger partial charge in [-0.2, -0.15) is 0 Å². The number of nitrogens with zero attached hydrogens (tertiary/aromatic N) is 1. The molecule has 122 valence electrons. The number of anilines is 1. The molecule has 0 saturated heterocycles.